The Bertz CT molecular complexity index is 614. The van der Waals surface area contributed by atoms with Gasteiger partial charge >= 0.3 is 0 Å². The summed E-state index contributed by atoms with van der Waals surface area (Å²) in [6.45, 7) is 1.62. The van der Waals surface area contributed by atoms with Crippen LogP contribution in [0, 0.1) is 17.8 Å². The van der Waals surface area contributed by atoms with E-state index in [9.17, 15) is 0 Å². The molecule has 0 spiro atoms. The smallest absolute Gasteiger partial charge is 0.106 e. The Morgan fingerprint density at radius 1 is 1.27 bits per heavy atom. The molecule has 7 atom stereocenters. The molecule has 22 heavy (non-hydrogen) atoms. The summed E-state index contributed by atoms with van der Waals surface area (Å²) in [6, 6.07) is 0. The van der Waals surface area contributed by atoms with Crippen LogP contribution in [0.3, 0.4) is 0 Å². The third-order valence-corrected chi connectivity index (χ3v) is 6.77. The molecule has 2 saturated carbocycles. The molecule has 116 valence electrons. The fraction of sp³-hybridized carbons (Fsp3) is 0.684. The SMILES string of the molecule is C1=CCC(OCC2CO2)(C2CCC3C2=C2CC3C3OC23)C=C1. The minimum Gasteiger partial charge on any atom is -0.371 e. The Hall–Kier alpha value is -0.900. The monoisotopic (exact) mass is 298 g/mol. The number of allylic oxidation sites excluding steroid dienone is 2. The van der Waals surface area contributed by atoms with E-state index in [1.807, 2.05) is 0 Å². The Morgan fingerprint density at radius 3 is 3.05 bits per heavy atom. The van der Waals surface area contributed by atoms with Gasteiger partial charge in [0.1, 0.15) is 12.2 Å². The van der Waals surface area contributed by atoms with Gasteiger partial charge in [-0.15, -0.1) is 0 Å². The van der Waals surface area contributed by atoms with Crippen molar-refractivity contribution < 1.29 is 14.2 Å². The van der Waals surface area contributed by atoms with Gasteiger partial charge in [-0.2, -0.15) is 0 Å². The molecule has 7 unspecified atom stereocenters. The van der Waals surface area contributed by atoms with Gasteiger partial charge in [-0.25, -0.2) is 0 Å². The fourth-order valence-electron chi connectivity index (χ4n) is 5.69. The first-order valence-electron chi connectivity index (χ1n) is 8.84. The van der Waals surface area contributed by atoms with Gasteiger partial charge in [0.2, 0.25) is 0 Å². The lowest BCUT2D eigenvalue weighted by molar-refractivity contribution is -0.0443. The largest absolute Gasteiger partial charge is 0.371 e. The maximum absolute atomic E-state index is 6.51. The first-order chi connectivity index (χ1) is 10.9. The maximum Gasteiger partial charge on any atom is 0.106 e. The zero-order valence-corrected chi connectivity index (χ0v) is 12.7. The lowest BCUT2D eigenvalue weighted by atomic mass is 9.75. The van der Waals surface area contributed by atoms with Crippen LogP contribution < -0.4 is 0 Å². The third-order valence-electron chi connectivity index (χ3n) is 6.77. The summed E-state index contributed by atoms with van der Waals surface area (Å²) in [4.78, 5) is 0. The second-order valence-corrected chi connectivity index (χ2v) is 7.82. The van der Waals surface area contributed by atoms with Gasteiger partial charge < -0.3 is 14.2 Å². The van der Waals surface area contributed by atoms with Crippen LogP contribution in [0.25, 0.3) is 0 Å². The molecule has 6 rings (SSSR count). The average Bonchev–Trinajstić information content (AvgIpc) is 3.43. The van der Waals surface area contributed by atoms with Crippen molar-refractivity contribution in [3.63, 3.8) is 0 Å². The van der Waals surface area contributed by atoms with Crippen LogP contribution in [-0.4, -0.2) is 37.1 Å². The van der Waals surface area contributed by atoms with Gasteiger partial charge in [-0.1, -0.05) is 29.9 Å². The summed E-state index contributed by atoms with van der Waals surface area (Å²) in [5, 5.41) is 0. The summed E-state index contributed by atoms with van der Waals surface area (Å²) in [6.07, 6.45) is 15.3. The van der Waals surface area contributed by atoms with Gasteiger partial charge in [-0.3, -0.25) is 0 Å². The predicted molar refractivity (Wildman–Crippen MR) is 81.3 cm³/mol. The van der Waals surface area contributed by atoms with E-state index in [4.69, 9.17) is 14.2 Å². The highest BCUT2D eigenvalue weighted by Gasteiger charge is 2.65. The Labute approximate surface area is 131 Å². The van der Waals surface area contributed by atoms with Crippen molar-refractivity contribution in [1.29, 1.82) is 0 Å². The van der Waals surface area contributed by atoms with Crippen LogP contribution in [0.2, 0.25) is 0 Å². The highest BCUT2D eigenvalue weighted by molar-refractivity contribution is 5.45. The summed E-state index contributed by atoms with van der Waals surface area (Å²) >= 11 is 0. The van der Waals surface area contributed by atoms with Crippen LogP contribution in [0.4, 0.5) is 0 Å². The summed E-state index contributed by atoms with van der Waals surface area (Å²) in [7, 11) is 0. The molecule has 2 aliphatic heterocycles. The number of hydrogen-bond acceptors (Lipinski definition) is 3. The molecule has 0 aromatic heterocycles. The molecule has 6 aliphatic rings. The van der Waals surface area contributed by atoms with Crippen LogP contribution in [0.1, 0.15) is 25.7 Å². The van der Waals surface area contributed by atoms with Crippen molar-refractivity contribution in [3.8, 4) is 0 Å². The van der Waals surface area contributed by atoms with Crippen molar-refractivity contribution in [2.24, 2.45) is 17.8 Å². The molecule has 0 radical (unpaired) electrons. The summed E-state index contributed by atoms with van der Waals surface area (Å²) in [5.41, 5.74) is 3.27. The molecule has 0 amide bonds. The van der Waals surface area contributed by atoms with Crippen LogP contribution >= 0.6 is 0 Å². The number of rotatable bonds is 4. The number of ether oxygens (including phenoxy) is 3. The van der Waals surface area contributed by atoms with Crippen molar-refractivity contribution in [3.05, 3.63) is 35.5 Å². The Balaban J connectivity index is 1.37. The minimum absolute atomic E-state index is 0.132. The molecule has 4 aliphatic carbocycles. The third kappa shape index (κ3) is 1.57. The van der Waals surface area contributed by atoms with E-state index >= 15 is 0 Å². The molecule has 2 heterocycles. The minimum atomic E-state index is -0.132. The second-order valence-electron chi connectivity index (χ2n) is 7.82. The van der Waals surface area contributed by atoms with Crippen LogP contribution in [-0.2, 0) is 14.2 Å². The van der Waals surface area contributed by atoms with Crippen molar-refractivity contribution in [1.82, 2.24) is 0 Å². The molecule has 0 aromatic carbocycles. The van der Waals surface area contributed by atoms with E-state index in [1.54, 1.807) is 11.1 Å². The van der Waals surface area contributed by atoms with Gasteiger partial charge in [0.25, 0.3) is 0 Å². The molecular formula is C19H22O3. The van der Waals surface area contributed by atoms with Crippen molar-refractivity contribution in [2.45, 2.75) is 49.6 Å². The van der Waals surface area contributed by atoms with Crippen LogP contribution in [0.5, 0.6) is 0 Å². The predicted octanol–water partition coefficient (Wildman–Crippen LogP) is 2.78. The topological polar surface area (TPSA) is 34.3 Å². The molecule has 4 fully saturated rings. The zero-order valence-electron chi connectivity index (χ0n) is 12.7. The normalized spacial score (nSPS) is 53.1. The number of fused-ring (bicyclic) bond motifs is 7. The lowest BCUT2D eigenvalue weighted by Gasteiger charge is -2.39. The van der Waals surface area contributed by atoms with Gasteiger partial charge in [0, 0.05) is 5.92 Å². The quantitative estimate of drug-likeness (QED) is 0.591. The first-order valence-corrected chi connectivity index (χ1v) is 8.84. The molecular weight excluding hydrogens is 276 g/mol. The Kier molecular flexibility index (Phi) is 2.35. The molecule has 2 saturated heterocycles. The Morgan fingerprint density at radius 2 is 2.23 bits per heavy atom. The summed E-state index contributed by atoms with van der Waals surface area (Å²) in [5.74, 6) is 2.15. The van der Waals surface area contributed by atoms with E-state index in [2.05, 4.69) is 24.3 Å². The van der Waals surface area contributed by atoms with Crippen molar-refractivity contribution in [2.75, 3.05) is 13.2 Å². The molecule has 3 heteroatoms. The van der Waals surface area contributed by atoms with Gasteiger partial charge in [0.05, 0.1) is 24.9 Å². The second kappa shape index (κ2) is 4.14. The highest BCUT2D eigenvalue weighted by atomic mass is 16.6. The molecule has 2 bridgehead atoms. The average molecular weight is 298 g/mol. The van der Waals surface area contributed by atoms with E-state index in [-0.39, 0.29) is 5.60 Å². The highest BCUT2D eigenvalue weighted by Crippen LogP contribution is 2.65. The summed E-state index contributed by atoms with van der Waals surface area (Å²) < 4.78 is 17.8. The number of epoxide rings is 2. The van der Waals surface area contributed by atoms with E-state index in [1.165, 1.54) is 19.3 Å². The lowest BCUT2D eigenvalue weighted by Crippen LogP contribution is -2.41. The van der Waals surface area contributed by atoms with Gasteiger partial charge in [0.15, 0.2) is 0 Å². The standard InChI is InChI=1S/C19H22O3/c1-2-6-19(7-3-1,21-10-11-9-20-11)15-5-4-12-13-8-14(16(12)15)18-17(13)22-18/h1-3,6,11-13,15,17-18H,4-5,7-10H2. The molecule has 0 N–H and O–H groups in total. The van der Waals surface area contributed by atoms with Gasteiger partial charge in [-0.05, 0) is 43.1 Å². The molecule has 3 nitrogen and oxygen atoms in total. The fourth-order valence-corrected chi connectivity index (χ4v) is 5.69. The van der Waals surface area contributed by atoms with Crippen LogP contribution in [0.15, 0.2) is 35.5 Å². The van der Waals surface area contributed by atoms with E-state index < -0.39 is 0 Å². The van der Waals surface area contributed by atoms with E-state index in [0.717, 1.165) is 31.5 Å². The van der Waals surface area contributed by atoms with E-state index in [0.29, 0.717) is 24.2 Å². The van der Waals surface area contributed by atoms with Crippen molar-refractivity contribution >= 4 is 0 Å². The molecule has 0 aromatic rings. The first kappa shape index (κ1) is 12.5. The maximum atomic E-state index is 6.51. The zero-order chi connectivity index (χ0) is 14.3. The number of hydrogen-bond donors (Lipinski definition) is 0.